The highest BCUT2D eigenvalue weighted by molar-refractivity contribution is 5.60. The zero-order chi connectivity index (χ0) is 83.3. The van der Waals surface area contributed by atoms with E-state index in [4.69, 9.17) is 47.4 Å². The first-order valence-electron chi connectivity index (χ1n) is 45.4. The maximum atomic E-state index is 7.30. The van der Waals surface area contributed by atoms with Gasteiger partial charge in [-0.3, -0.25) is 0 Å². The average Bonchev–Trinajstić information content (AvgIpc) is 1.27. The molecule has 0 atom stereocenters. The lowest BCUT2D eigenvalue weighted by molar-refractivity contribution is 0.215. The summed E-state index contributed by atoms with van der Waals surface area (Å²) < 4.78 is 73.0. The molecule has 10 aliphatic rings. The zero-order valence-corrected chi connectivity index (χ0v) is 76.1. The molecule has 10 aliphatic carbocycles. The van der Waals surface area contributed by atoms with Gasteiger partial charge in [-0.25, -0.2) is 0 Å². The van der Waals surface area contributed by atoms with Crippen molar-refractivity contribution in [3.05, 3.63) is 116 Å². The molecule has 650 valence electrons. The molecule has 5 aromatic rings. The lowest BCUT2D eigenvalue weighted by Crippen LogP contribution is -2.28. The van der Waals surface area contributed by atoms with E-state index in [-0.39, 0.29) is 0 Å². The fourth-order valence-electron chi connectivity index (χ4n) is 15.2. The minimum atomic E-state index is 0.473. The van der Waals surface area contributed by atoms with E-state index in [9.17, 15) is 0 Å². The number of likely N-dealkylation sites (N-methyl/N-ethyl adjacent to an activating group) is 10. The van der Waals surface area contributed by atoms with Crippen LogP contribution in [0.1, 0.15) is 194 Å². The van der Waals surface area contributed by atoms with Crippen molar-refractivity contribution in [2.24, 2.45) is 0 Å². The van der Waals surface area contributed by atoms with Crippen molar-refractivity contribution < 1.29 is 47.4 Å². The standard InChI is InChI=1S/C95H160N10O10/c1-21-96(22-2)41-51-106-86-66-77-62-79-69-91(111-56-46-101(31-11)32-12)81(71-90(79)110-55-45-100(29-9)30-10)64-83-73-95(115-60-50-105(39-19)40-20)85(75-94(83)114-59-49-104(37-17)38-18)65-84-74-92(112-57-47-102(33-13)34-14)82(72-93(84)113-58-48-103(35-15)36-16)63-80-70-88(108-53-43-98(25-5)26-6)78(68-89(80)109-54-44-99(27-7)28-8)61-76(86)67-87(77)107-52-42-97(23-3)24-4/h66-75H,21-65H2,1-20H3. The molecular weight excluding hydrogens is 1440 g/mol. The first-order valence-corrected chi connectivity index (χ1v) is 45.4. The van der Waals surface area contributed by atoms with Gasteiger partial charge in [0, 0.05) is 153 Å². The summed E-state index contributed by atoms with van der Waals surface area (Å²) in [5.41, 5.74) is 9.97. The molecule has 0 heterocycles. The van der Waals surface area contributed by atoms with Crippen LogP contribution in [0, 0.1) is 0 Å². The molecule has 5 aromatic carbocycles. The van der Waals surface area contributed by atoms with Crippen LogP contribution in [0.15, 0.2) is 60.7 Å². The summed E-state index contributed by atoms with van der Waals surface area (Å²) in [4.78, 5) is 24.3. The highest BCUT2D eigenvalue weighted by Gasteiger charge is 2.27. The molecule has 0 amide bonds. The topological polar surface area (TPSA) is 125 Å². The highest BCUT2D eigenvalue weighted by atomic mass is 16.5. The van der Waals surface area contributed by atoms with E-state index in [1.165, 1.54) is 0 Å². The van der Waals surface area contributed by atoms with E-state index >= 15 is 0 Å². The van der Waals surface area contributed by atoms with Gasteiger partial charge in [-0.05, 0) is 192 Å². The van der Waals surface area contributed by atoms with Gasteiger partial charge in [-0.15, -0.1) is 0 Å². The Hall–Kier alpha value is -6.30. The largest absolute Gasteiger partial charge is 0.492 e. The van der Waals surface area contributed by atoms with Crippen LogP contribution < -0.4 is 47.4 Å². The third-order valence-electron chi connectivity index (χ3n) is 23.7. The van der Waals surface area contributed by atoms with Crippen LogP contribution in [0.2, 0.25) is 0 Å². The SMILES string of the molecule is CCN(CC)CCOc1cc2c(OCCN(CC)CC)cc1Cc1cc(OCCN(CC)CC)c(cc1OCCN(CC)CC)Cc1cc(OCCN(CC)CC)c(cc1OCCN(CC)CC)Cc1cc(OCCN(CC)CC)c(cc1OCCN(CC)CC)Cc1cc(OCCN(CC)CC)c(cc1OCCN(CC)CC)C2. The second kappa shape index (κ2) is 55.5. The number of hydrogen-bond donors (Lipinski definition) is 0. The smallest absolute Gasteiger partial charge is 0.123 e. The summed E-state index contributed by atoms with van der Waals surface area (Å²) in [6.07, 6.45) is 2.36. The van der Waals surface area contributed by atoms with Crippen LogP contribution in [0.3, 0.4) is 0 Å². The number of benzene rings is 5. The fraction of sp³-hybridized carbons (Fsp3) is 0.684. The third kappa shape index (κ3) is 32.1. The van der Waals surface area contributed by atoms with E-state index in [2.05, 4.69) is 248 Å². The minimum absolute atomic E-state index is 0.473. The van der Waals surface area contributed by atoms with Crippen LogP contribution in [0.4, 0.5) is 0 Å². The van der Waals surface area contributed by atoms with Crippen LogP contribution in [0.25, 0.3) is 0 Å². The normalized spacial score (nSPS) is 12.6. The summed E-state index contributed by atoms with van der Waals surface area (Å²) in [6, 6.07) is 22.7. The average molecular weight is 1600 g/mol. The summed E-state index contributed by atoms with van der Waals surface area (Å²) in [6.45, 7) is 75.5. The second-order valence-corrected chi connectivity index (χ2v) is 30.0. The predicted octanol–water partition coefficient (Wildman–Crippen LogP) is 15.2. The maximum absolute atomic E-state index is 7.30. The van der Waals surface area contributed by atoms with Crippen molar-refractivity contribution in [1.82, 2.24) is 49.0 Å². The molecule has 0 N–H and O–H groups in total. The number of ether oxygens (including phenoxy) is 10. The van der Waals surface area contributed by atoms with Gasteiger partial charge in [-0.1, -0.05) is 138 Å². The number of rotatable bonds is 60. The predicted molar refractivity (Wildman–Crippen MR) is 479 cm³/mol. The summed E-state index contributed by atoms with van der Waals surface area (Å²) >= 11 is 0. The van der Waals surface area contributed by atoms with Crippen molar-refractivity contribution >= 4 is 0 Å². The Morgan fingerprint density at radius 2 is 0.226 bits per heavy atom. The second-order valence-electron chi connectivity index (χ2n) is 30.0. The monoisotopic (exact) mass is 1600 g/mol. The van der Waals surface area contributed by atoms with Gasteiger partial charge in [0.25, 0.3) is 0 Å². The molecule has 0 radical (unpaired) electrons. The van der Waals surface area contributed by atoms with Gasteiger partial charge < -0.3 is 96.4 Å². The van der Waals surface area contributed by atoms with Crippen LogP contribution in [-0.2, 0) is 32.1 Å². The quantitative estimate of drug-likeness (QED) is 0.0359. The van der Waals surface area contributed by atoms with E-state index in [1.54, 1.807) is 0 Å². The van der Waals surface area contributed by atoms with Crippen LogP contribution in [0.5, 0.6) is 57.5 Å². The molecular formula is C95H160N10O10. The Balaban J connectivity index is 1.88. The fourth-order valence-corrected chi connectivity index (χ4v) is 15.2. The molecule has 0 aliphatic heterocycles. The Morgan fingerprint density at radius 1 is 0.148 bits per heavy atom. The molecule has 15 rings (SSSR count). The Bertz CT molecular complexity index is 2710. The molecule has 10 bridgehead atoms. The molecule has 0 aromatic heterocycles. The van der Waals surface area contributed by atoms with Gasteiger partial charge in [0.05, 0.1) is 0 Å². The van der Waals surface area contributed by atoms with E-state index in [0.29, 0.717) is 98.2 Å². The first-order chi connectivity index (χ1) is 56.1. The van der Waals surface area contributed by atoms with Gasteiger partial charge in [0.2, 0.25) is 0 Å². The summed E-state index contributed by atoms with van der Waals surface area (Å²) in [7, 11) is 0. The molecule has 0 saturated carbocycles. The van der Waals surface area contributed by atoms with Crippen molar-refractivity contribution in [2.75, 3.05) is 262 Å². The molecule has 20 heteroatoms. The van der Waals surface area contributed by atoms with Gasteiger partial charge in [0.1, 0.15) is 124 Å². The third-order valence-corrected chi connectivity index (χ3v) is 23.7. The van der Waals surface area contributed by atoms with Gasteiger partial charge in [0.15, 0.2) is 0 Å². The molecule has 0 spiro atoms. The molecule has 0 unspecified atom stereocenters. The van der Waals surface area contributed by atoms with Crippen molar-refractivity contribution in [2.45, 2.75) is 171 Å². The van der Waals surface area contributed by atoms with E-state index in [1.807, 2.05) is 0 Å². The zero-order valence-electron chi connectivity index (χ0n) is 76.1. The Labute approximate surface area is 699 Å². The minimum Gasteiger partial charge on any atom is -0.492 e. The Kier molecular flexibility index (Phi) is 47.0. The number of hydrogen-bond acceptors (Lipinski definition) is 20. The lowest BCUT2D eigenvalue weighted by Gasteiger charge is -2.25. The van der Waals surface area contributed by atoms with E-state index in [0.717, 1.165) is 309 Å². The Morgan fingerprint density at radius 3 is 0.296 bits per heavy atom. The van der Waals surface area contributed by atoms with Crippen molar-refractivity contribution in [3.63, 3.8) is 0 Å². The molecule has 0 fully saturated rings. The van der Waals surface area contributed by atoms with Crippen molar-refractivity contribution in [3.8, 4) is 57.5 Å². The molecule has 115 heavy (non-hydrogen) atoms. The maximum Gasteiger partial charge on any atom is 0.123 e. The van der Waals surface area contributed by atoms with Crippen LogP contribution >= 0.6 is 0 Å². The highest BCUT2D eigenvalue weighted by Crippen LogP contribution is 2.44. The number of nitrogens with zero attached hydrogens (tertiary/aromatic N) is 10. The summed E-state index contributed by atoms with van der Waals surface area (Å²) in [5, 5.41) is 0. The van der Waals surface area contributed by atoms with Crippen LogP contribution in [-0.4, -0.2) is 311 Å². The lowest BCUT2D eigenvalue weighted by atomic mass is 9.94. The van der Waals surface area contributed by atoms with Gasteiger partial charge in [-0.2, -0.15) is 0 Å². The molecule has 0 saturated heterocycles. The van der Waals surface area contributed by atoms with Gasteiger partial charge >= 0.3 is 0 Å². The molecule has 20 nitrogen and oxygen atoms in total. The van der Waals surface area contributed by atoms with Crippen molar-refractivity contribution in [1.29, 1.82) is 0 Å². The first kappa shape index (κ1) is 97.5. The van der Waals surface area contributed by atoms with E-state index < -0.39 is 0 Å². The summed E-state index contributed by atoms with van der Waals surface area (Å²) in [5.74, 6) is 8.00.